The SMILES string of the molecule is CC(C)CCCCCO.CCCCCCCCCO.CCCCCCCCO.CO. The van der Waals surface area contributed by atoms with Gasteiger partial charge in [-0.1, -0.05) is 118 Å². The van der Waals surface area contributed by atoms with E-state index in [2.05, 4.69) is 27.7 Å². The van der Waals surface area contributed by atoms with Crippen molar-refractivity contribution in [2.75, 3.05) is 26.9 Å². The van der Waals surface area contributed by atoms with Crippen LogP contribution in [-0.2, 0) is 0 Å². The summed E-state index contributed by atoms with van der Waals surface area (Å²) < 4.78 is 0. The molecule has 0 aromatic rings. The Labute approximate surface area is 190 Å². The minimum Gasteiger partial charge on any atom is -0.400 e. The Morgan fingerprint density at radius 1 is 0.433 bits per heavy atom. The third-order valence-corrected chi connectivity index (χ3v) is 4.71. The minimum atomic E-state index is 0.359. The van der Waals surface area contributed by atoms with Gasteiger partial charge in [-0.3, -0.25) is 0 Å². The Hall–Kier alpha value is -0.160. The van der Waals surface area contributed by atoms with Crippen molar-refractivity contribution in [3.05, 3.63) is 0 Å². The lowest BCUT2D eigenvalue weighted by molar-refractivity contribution is 0.281. The van der Waals surface area contributed by atoms with Crippen molar-refractivity contribution in [1.82, 2.24) is 0 Å². The highest BCUT2D eigenvalue weighted by Gasteiger charge is 1.92. The standard InChI is InChI=1S/C9H20O.2C8H18O.CH4O/c1-2-3-4-5-6-7-8-9-10;1-8(2)6-4-3-5-7-9;1-2-3-4-5-6-7-8-9;1-2/h10H,2-9H2,1H3;8-9H,3-7H2,1-2H3;9H,2-8H2,1H3;2H,1H3. The van der Waals surface area contributed by atoms with Crippen LogP contribution < -0.4 is 0 Å². The van der Waals surface area contributed by atoms with E-state index in [1.54, 1.807) is 0 Å². The summed E-state index contributed by atoms with van der Waals surface area (Å²) in [4.78, 5) is 0. The molecule has 0 bridgehead atoms. The van der Waals surface area contributed by atoms with Gasteiger partial charge in [0.05, 0.1) is 0 Å². The predicted octanol–water partition coefficient (Wildman–Crippen LogP) is 6.87. The highest BCUT2D eigenvalue weighted by atomic mass is 16.3. The van der Waals surface area contributed by atoms with Gasteiger partial charge in [0.25, 0.3) is 0 Å². The van der Waals surface area contributed by atoms with Crippen LogP contribution in [0.1, 0.15) is 137 Å². The van der Waals surface area contributed by atoms with Gasteiger partial charge in [-0.05, 0) is 25.2 Å². The van der Waals surface area contributed by atoms with Crippen LogP contribution in [0, 0.1) is 5.92 Å². The predicted molar refractivity (Wildman–Crippen MR) is 134 cm³/mol. The molecular formula is C26H60O4. The molecular weight excluding hydrogens is 376 g/mol. The fourth-order valence-electron chi connectivity index (χ4n) is 2.80. The summed E-state index contributed by atoms with van der Waals surface area (Å²) in [6, 6.07) is 0. The van der Waals surface area contributed by atoms with Gasteiger partial charge < -0.3 is 20.4 Å². The summed E-state index contributed by atoms with van der Waals surface area (Å²) in [7, 11) is 1.00. The highest BCUT2D eigenvalue weighted by Crippen LogP contribution is 2.07. The van der Waals surface area contributed by atoms with Crippen molar-refractivity contribution in [2.45, 2.75) is 137 Å². The number of aliphatic hydroxyl groups is 4. The summed E-state index contributed by atoms with van der Waals surface area (Å²) in [5.74, 6) is 0.823. The molecule has 0 amide bonds. The first-order valence-corrected chi connectivity index (χ1v) is 12.9. The van der Waals surface area contributed by atoms with Crippen LogP contribution in [-0.4, -0.2) is 47.4 Å². The van der Waals surface area contributed by atoms with Crippen molar-refractivity contribution in [3.63, 3.8) is 0 Å². The van der Waals surface area contributed by atoms with Crippen LogP contribution in [0.25, 0.3) is 0 Å². The second-order valence-corrected chi connectivity index (χ2v) is 8.30. The molecule has 0 rings (SSSR count). The maximum absolute atomic E-state index is 8.47. The minimum absolute atomic E-state index is 0.359. The van der Waals surface area contributed by atoms with E-state index in [-0.39, 0.29) is 0 Å². The number of hydrogen-bond donors (Lipinski definition) is 4. The summed E-state index contributed by atoms with van der Waals surface area (Å²) >= 11 is 0. The van der Waals surface area contributed by atoms with Gasteiger partial charge in [0.2, 0.25) is 0 Å². The van der Waals surface area contributed by atoms with Crippen molar-refractivity contribution in [2.24, 2.45) is 5.92 Å². The number of unbranched alkanes of at least 4 members (excludes halogenated alkanes) is 13. The van der Waals surface area contributed by atoms with Crippen molar-refractivity contribution in [1.29, 1.82) is 0 Å². The molecule has 0 aliphatic carbocycles. The Balaban J connectivity index is -0.000000162. The molecule has 0 fully saturated rings. The lowest BCUT2D eigenvalue weighted by Crippen LogP contribution is -1.88. The van der Waals surface area contributed by atoms with Crippen LogP contribution in [0.3, 0.4) is 0 Å². The van der Waals surface area contributed by atoms with Gasteiger partial charge in [0.15, 0.2) is 0 Å². The molecule has 4 N–H and O–H groups in total. The van der Waals surface area contributed by atoms with Gasteiger partial charge in [-0.25, -0.2) is 0 Å². The zero-order chi connectivity index (χ0) is 23.7. The van der Waals surface area contributed by atoms with Crippen LogP contribution in [0.4, 0.5) is 0 Å². The van der Waals surface area contributed by atoms with E-state index in [9.17, 15) is 0 Å². The highest BCUT2D eigenvalue weighted by molar-refractivity contribution is 4.46. The number of hydrogen-bond acceptors (Lipinski definition) is 4. The summed E-state index contributed by atoms with van der Waals surface area (Å²) in [6.45, 7) is 10.0. The summed E-state index contributed by atoms with van der Waals surface area (Å²) in [5.41, 5.74) is 0. The van der Waals surface area contributed by atoms with Crippen molar-refractivity contribution >= 4 is 0 Å². The third-order valence-electron chi connectivity index (χ3n) is 4.71. The molecule has 0 aliphatic heterocycles. The first-order valence-electron chi connectivity index (χ1n) is 12.9. The van der Waals surface area contributed by atoms with Crippen LogP contribution in [0.5, 0.6) is 0 Å². The van der Waals surface area contributed by atoms with E-state index >= 15 is 0 Å². The van der Waals surface area contributed by atoms with E-state index in [0.29, 0.717) is 19.8 Å². The lowest BCUT2D eigenvalue weighted by Gasteiger charge is -2.01. The molecule has 0 saturated carbocycles. The van der Waals surface area contributed by atoms with E-state index in [0.717, 1.165) is 32.3 Å². The second kappa shape index (κ2) is 42.8. The topological polar surface area (TPSA) is 80.9 Å². The molecule has 188 valence electrons. The average Bonchev–Trinajstić information content (AvgIpc) is 2.76. The Bertz CT molecular complexity index is 209. The molecule has 30 heavy (non-hydrogen) atoms. The Morgan fingerprint density at radius 2 is 0.700 bits per heavy atom. The Morgan fingerprint density at radius 3 is 0.967 bits per heavy atom. The molecule has 0 spiro atoms. The molecule has 4 nitrogen and oxygen atoms in total. The molecule has 0 radical (unpaired) electrons. The van der Waals surface area contributed by atoms with Gasteiger partial charge in [-0.2, -0.15) is 0 Å². The molecule has 0 aliphatic rings. The second-order valence-electron chi connectivity index (χ2n) is 8.30. The van der Waals surface area contributed by atoms with E-state index < -0.39 is 0 Å². The summed E-state index contributed by atoms with van der Waals surface area (Å²) in [5, 5.41) is 32.3. The largest absolute Gasteiger partial charge is 0.400 e. The Kier molecular flexibility index (Phi) is 53.1. The molecule has 0 aromatic carbocycles. The maximum Gasteiger partial charge on any atom is 0.0431 e. The van der Waals surface area contributed by atoms with Crippen LogP contribution in [0.2, 0.25) is 0 Å². The van der Waals surface area contributed by atoms with Gasteiger partial charge in [0.1, 0.15) is 0 Å². The van der Waals surface area contributed by atoms with E-state index in [1.165, 1.54) is 89.9 Å². The number of rotatable bonds is 18. The van der Waals surface area contributed by atoms with Gasteiger partial charge in [-0.15, -0.1) is 0 Å². The molecule has 4 heteroatoms. The maximum atomic E-state index is 8.47. The quantitative estimate of drug-likeness (QED) is 0.177. The van der Waals surface area contributed by atoms with E-state index in [1.807, 2.05) is 0 Å². The van der Waals surface area contributed by atoms with Gasteiger partial charge in [0, 0.05) is 26.9 Å². The first-order chi connectivity index (χ1) is 14.6. The normalized spacial score (nSPS) is 9.80. The zero-order valence-corrected chi connectivity index (χ0v) is 21.5. The molecule has 0 unspecified atom stereocenters. The molecule has 0 atom stereocenters. The average molecular weight is 437 g/mol. The van der Waals surface area contributed by atoms with Gasteiger partial charge >= 0.3 is 0 Å². The third kappa shape index (κ3) is 56.5. The monoisotopic (exact) mass is 436 g/mol. The smallest absolute Gasteiger partial charge is 0.0431 e. The van der Waals surface area contributed by atoms with Crippen molar-refractivity contribution in [3.8, 4) is 0 Å². The fourth-order valence-corrected chi connectivity index (χ4v) is 2.80. The fraction of sp³-hybridized carbons (Fsp3) is 1.00. The van der Waals surface area contributed by atoms with Crippen molar-refractivity contribution < 1.29 is 20.4 Å². The zero-order valence-electron chi connectivity index (χ0n) is 21.5. The molecule has 0 aromatic heterocycles. The molecule has 0 heterocycles. The van der Waals surface area contributed by atoms with E-state index in [4.69, 9.17) is 20.4 Å². The molecule has 0 saturated heterocycles. The summed E-state index contributed by atoms with van der Waals surface area (Å²) in [6.07, 6.45) is 21.2. The number of aliphatic hydroxyl groups excluding tert-OH is 4. The van der Waals surface area contributed by atoms with Crippen LogP contribution in [0.15, 0.2) is 0 Å². The lowest BCUT2D eigenvalue weighted by atomic mass is 10.1. The first kappa shape index (κ1) is 37.2. The van der Waals surface area contributed by atoms with Crippen LogP contribution >= 0.6 is 0 Å².